The summed E-state index contributed by atoms with van der Waals surface area (Å²) in [4.78, 5) is 0. The maximum Gasteiger partial charge on any atom is 1.00 e. The molecule has 0 amide bonds. The van der Waals surface area contributed by atoms with Crippen molar-refractivity contribution in [1.29, 1.82) is 0 Å². The van der Waals surface area contributed by atoms with E-state index in [1.54, 1.807) is 0 Å². The minimum Gasteiger partial charge on any atom is -0.748 e. The zero-order valence-corrected chi connectivity index (χ0v) is 14.6. The molecule has 0 N–H and O–H groups in total. The maximum atomic E-state index is 9.08. The van der Waals surface area contributed by atoms with Gasteiger partial charge in [0.2, 0.25) is 0 Å². The van der Waals surface area contributed by atoms with Crippen molar-refractivity contribution in [2.75, 3.05) is 6.26 Å². The van der Waals surface area contributed by atoms with Crippen molar-refractivity contribution in [2.45, 2.75) is 20.3 Å². The Morgan fingerprint density at radius 1 is 1.05 bits per heavy atom. The first-order valence-electron chi connectivity index (χ1n) is 5.71. The molecule has 0 heterocycles. The Kier molecular flexibility index (Phi) is 7.86. The second-order valence-corrected chi connectivity index (χ2v) is 5.55. The van der Waals surface area contributed by atoms with Crippen LogP contribution in [0.15, 0.2) is 36.4 Å². The fraction of sp³-hybridized carbons (Fsp3) is 0.286. The van der Waals surface area contributed by atoms with Crippen LogP contribution in [0.1, 0.15) is 18.1 Å². The molecule has 0 saturated carbocycles. The molecule has 0 saturated heterocycles. The van der Waals surface area contributed by atoms with Gasteiger partial charge in [-0.1, -0.05) is 43.3 Å². The van der Waals surface area contributed by atoms with Crippen LogP contribution < -0.4 is 29.6 Å². The van der Waals surface area contributed by atoms with Crippen LogP contribution in [0, 0.1) is 6.92 Å². The van der Waals surface area contributed by atoms with Gasteiger partial charge >= 0.3 is 29.6 Å². The number of hydrogen-bond donors (Lipinski definition) is 0. The predicted octanol–water partition coefficient (Wildman–Crippen LogP) is -0.124. The van der Waals surface area contributed by atoms with Gasteiger partial charge < -0.3 is 4.55 Å². The van der Waals surface area contributed by atoms with Crippen LogP contribution in [0.2, 0.25) is 0 Å². The minimum atomic E-state index is -3.92. The fourth-order valence-electron chi connectivity index (χ4n) is 1.82. The third-order valence-corrected chi connectivity index (χ3v) is 2.61. The van der Waals surface area contributed by atoms with Crippen molar-refractivity contribution in [1.82, 2.24) is 0 Å². The van der Waals surface area contributed by atoms with Crippen molar-refractivity contribution in [3.05, 3.63) is 47.5 Å². The van der Waals surface area contributed by atoms with Crippen LogP contribution in [0.4, 0.5) is 0 Å². The summed E-state index contributed by atoms with van der Waals surface area (Å²) in [6, 6.07) is 13.1. The van der Waals surface area contributed by atoms with Gasteiger partial charge in [0, 0.05) is 6.26 Å². The summed E-state index contributed by atoms with van der Waals surface area (Å²) in [5.41, 5.74) is 2.81. The molecule has 0 aliphatic rings. The van der Waals surface area contributed by atoms with Gasteiger partial charge in [-0.15, -0.1) is 0 Å². The topological polar surface area (TPSA) is 57.2 Å². The van der Waals surface area contributed by atoms with Crippen LogP contribution in [-0.2, 0) is 16.5 Å². The Labute approximate surface area is 137 Å². The Morgan fingerprint density at radius 2 is 1.53 bits per heavy atom. The molecule has 0 aliphatic carbocycles. The Bertz CT molecular complexity index is 628. The van der Waals surface area contributed by atoms with E-state index in [0.29, 0.717) is 6.26 Å². The monoisotopic (exact) mass is 288 g/mol. The minimum absolute atomic E-state index is 0. The average Bonchev–Trinajstić information content (AvgIpc) is 2.28. The van der Waals surface area contributed by atoms with Gasteiger partial charge in [-0.3, -0.25) is 0 Å². The van der Waals surface area contributed by atoms with E-state index in [2.05, 4.69) is 50.2 Å². The first-order valence-corrected chi connectivity index (χ1v) is 7.52. The molecule has 0 bridgehead atoms. The van der Waals surface area contributed by atoms with Gasteiger partial charge in [-0.05, 0) is 35.2 Å². The van der Waals surface area contributed by atoms with Crippen molar-refractivity contribution < 1.29 is 42.5 Å². The van der Waals surface area contributed by atoms with Crippen molar-refractivity contribution in [3.63, 3.8) is 0 Å². The molecule has 0 spiro atoms. The molecule has 2 aromatic carbocycles. The summed E-state index contributed by atoms with van der Waals surface area (Å²) >= 11 is 0. The van der Waals surface area contributed by atoms with Crippen LogP contribution in [0.25, 0.3) is 10.8 Å². The van der Waals surface area contributed by atoms with Crippen LogP contribution in [0.3, 0.4) is 0 Å². The number of hydrogen-bond acceptors (Lipinski definition) is 3. The summed E-state index contributed by atoms with van der Waals surface area (Å²) < 4.78 is 27.2. The SMILES string of the molecule is CCc1ccc(C)c2ccccc12.CS(=O)(=O)[O-].[Na+]. The Morgan fingerprint density at radius 3 is 2.00 bits per heavy atom. The van der Waals surface area contributed by atoms with Crippen LogP contribution >= 0.6 is 0 Å². The molecule has 0 aromatic heterocycles. The van der Waals surface area contributed by atoms with Gasteiger partial charge in [0.25, 0.3) is 0 Å². The molecule has 3 nitrogen and oxygen atoms in total. The summed E-state index contributed by atoms with van der Waals surface area (Å²) in [6.07, 6.45) is 1.72. The van der Waals surface area contributed by atoms with Gasteiger partial charge in [0.05, 0.1) is 10.1 Å². The standard InChI is InChI=1S/C13H14.CH4O3S.Na/c1-3-11-9-8-10(2)12-6-4-5-7-13(11)12;1-5(2,3)4;/h4-9H,3H2,1-2H3;1H3,(H,2,3,4);/q;;+1/p-1. The van der Waals surface area contributed by atoms with Crippen LogP contribution in [0.5, 0.6) is 0 Å². The van der Waals surface area contributed by atoms with Crippen LogP contribution in [-0.4, -0.2) is 19.2 Å². The number of aryl methyl sites for hydroxylation is 2. The maximum absolute atomic E-state index is 9.08. The summed E-state index contributed by atoms with van der Waals surface area (Å²) in [5.74, 6) is 0. The summed E-state index contributed by atoms with van der Waals surface area (Å²) in [6.45, 7) is 4.37. The first-order chi connectivity index (χ1) is 8.33. The molecule has 0 unspecified atom stereocenters. The van der Waals surface area contributed by atoms with Gasteiger partial charge in [0.15, 0.2) is 0 Å². The quantitative estimate of drug-likeness (QED) is 0.543. The van der Waals surface area contributed by atoms with E-state index in [4.69, 9.17) is 13.0 Å². The molecule has 2 aromatic rings. The molecule has 0 fully saturated rings. The smallest absolute Gasteiger partial charge is 0.748 e. The average molecular weight is 288 g/mol. The van der Waals surface area contributed by atoms with Crippen molar-refractivity contribution in [2.24, 2.45) is 0 Å². The first kappa shape index (κ1) is 18.6. The number of benzene rings is 2. The zero-order valence-electron chi connectivity index (χ0n) is 11.8. The van der Waals surface area contributed by atoms with E-state index in [1.165, 1.54) is 21.9 Å². The van der Waals surface area contributed by atoms with E-state index in [0.717, 1.165) is 6.42 Å². The molecular weight excluding hydrogens is 271 g/mol. The van der Waals surface area contributed by atoms with Crippen molar-refractivity contribution >= 4 is 20.9 Å². The van der Waals surface area contributed by atoms with Gasteiger partial charge in [-0.25, -0.2) is 8.42 Å². The molecule has 5 heteroatoms. The Balaban J connectivity index is 0.000000471. The summed E-state index contributed by atoms with van der Waals surface area (Å²) in [5, 5.41) is 2.80. The normalized spacial score (nSPS) is 10.3. The molecule has 0 aliphatic heterocycles. The largest absolute Gasteiger partial charge is 1.00 e. The molecule has 0 atom stereocenters. The van der Waals surface area contributed by atoms with E-state index in [1.807, 2.05) is 0 Å². The molecular formula is C14H17NaO3S. The van der Waals surface area contributed by atoms with Crippen molar-refractivity contribution in [3.8, 4) is 0 Å². The molecule has 2 rings (SSSR count). The summed E-state index contributed by atoms with van der Waals surface area (Å²) in [7, 11) is -3.92. The van der Waals surface area contributed by atoms with E-state index < -0.39 is 10.1 Å². The number of fused-ring (bicyclic) bond motifs is 1. The van der Waals surface area contributed by atoms with E-state index >= 15 is 0 Å². The fourth-order valence-corrected chi connectivity index (χ4v) is 1.82. The second kappa shape index (κ2) is 8.02. The third kappa shape index (κ3) is 6.54. The molecule has 0 radical (unpaired) electrons. The van der Waals surface area contributed by atoms with Gasteiger partial charge in [-0.2, -0.15) is 0 Å². The predicted molar refractivity (Wildman–Crippen MR) is 73.7 cm³/mol. The zero-order chi connectivity index (χ0) is 13.8. The van der Waals surface area contributed by atoms with E-state index in [9.17, 15) is 0 Å². The van der Waals surface area contributed by atoms with Gasteiger partial charge in [0.1, 0.15) is 0 Å². The van der Waals surface area contributed by atoms with E-state index in [-0.39, 0.29) is 29.6 Å². The Hall–Kier alpha value is -0.390. The molecule has 19 heavy (non-hydrogen) atoms. The number of rotatable bonds is 1. The molecule has 98 valence electrons. The third-order valence-electron chi connectivity index (χ3n) is 2.61. The second-order valence-electron chi connectivity index (χ2n) is 4.14.